The largest absolute Gasteiger partial charge is 0.480 e. The predicted octanol–water partition coefficient (Wildman–Crippen LogP) is 1.63. The van der Waals surface area contributed by atoms with E-state index in [1.165, 1.54) is 11.0 Å². The third-order valence-electron chi connectivity index (χ3n) is 1.94. The highest BCUT2D eigenvalue weighted by molar-refractivity contribution is 14.1. The number of nitrogens with zero attached hydrogens (tertiary/aromatic N) is 3. The summed E-state index contributed by atoms with van der Waals surface area (Å²) in [6.45, 7) is -0.169. The fraction of sp³-hybridized carbons (Fsp3) is 0.100. The Labute approximate surface area is 105 Å². The second-order valence-corrected chi connectivity index (χ2v) is 4.41. The van der Waals surface area contributed by atoms with Crippen LogP contribution in [0.1, 0.15) is 0 Å². The minimum Gasteiger partial charge on any atom is -0.480 e. The van der Waals surface area contributed by atoms with E-state index in [1.54, 1.807) is 0 Å². The number of hydrogen-bond donors (Lipinski definition) is 1. The number of aliphatic carboxylic acids is 1. The van der Waals surface area contributed by atoms with Crippen molar-refractivity contribution in [2.45, 2.75) is 6.54 Å². The van der Waals surface area contributed by atoms with Gasteiger partial charge in [0, 0.05) is 9.13 Å². The number of aromatic nitrogens is 3. The lowest BCUT2D eigenvalue weighted by Crippen LogP contribution is -2.08. The van der Waals surface area contributed by atoms with Gasteiger partial charge in [-0.05, 0) is 34.7 Å². The Kier molecular flexibility index (Phi) is 3.18. The van der Waals surface area contributed by atoms with Crippen molar-refractivity contribution < 1.29 is 9.90 Å². The molecule has 0 unspecified atom stereocenters. The number of benzene rings is 1. The lowest BCUT2D eigenvalue weighted by Gasteiger charge is -1.95. The molecule has 1 heterocycles. The molecule has 0 spiro atoms. The van der Waals surface area contributed by atoms with Crippen LogP contribution in [0.15, 0.2) is 30.6 Å². The molecule has 0 radical (unpaired) electrons. The molecule has 0 aliphatic carbocycles. The highest BCUT2D eigenvalue weighted by Gasteiger charge is 2.05. The zero-order valence-electron chi connectivity index (χ0n) is 8.17. The van der Waals surface area contributed by atoms with E-state index in [2.05, 4.69) is 32.7 Å². The third kappa shape index (κ3) is 2.57. The van der Waals surface area contributed by atoms with Crippen molar-refractivity contribution in [1.29, 1.82) is 0 Å². The minimum atomic E-state index is -0.931. The zero-order valence-corrected chi connectivity index (χ0v) is 10.3. The fourth-order valence-electron chi connectivity index (χ4n) is 1.24. The first-order valence-corrected chi connectivity index (χ1v) is 5.60. The maximum atomic E-state index is 10.5. The van der Waals surface area contributed by atoms with Crippen LogP contribution in [0, 0.1) is 3.57 Å². The van der Waals surface area contributed by atoms with Gasteiger partial charge in [-0.15, -0.1) is 0 Å². The Morgan fingerprint density at radius 2 is 2.06 bits per heavy atom. The highest BCUT2D eigenvalue weighted by Crippen LogP contribution is 2.15. The zero-order chi connectivity index (χ0) is 11.5. The van der Waals surface area contributed by atoms with Gasteiger partial charge in [-0.3, -0.25) is 4.79 Å². The fourth-order valence-corrected chi connectivity index (χ4v) is 1.60. The van der Waals surface area contributed by atoms with Gasteiger partial charge in [0.05, 0.1) is 0 Å². The van der Waals surface area contributed by atoms with E-state index in [4.69, 9.17) is 5.11 Å². The van der Waals surface area contributed by atoms with Crippen LogP contribution in [0.2, 0.25) is 0 Å². The summed E-state index contributed by atoms with van der Waals surface area (Å²) in [5.74, 6) is -0.392. The van der Waals surface area contributed by atoms with E-state index in [0.717, 1.165) is 9.13 Å². The molecule has 0 fully saturated rings. The molecule has 0 bridgehead atoms. The first-order chi connectivity index (χ1) is 7.65. The van der Waals surface area contributed by atoms with Crippen molar-refractivity contribution in [2.75, 3.05) is 0 Å². The summed E-state index contributed by atoms with van der Waals surface area (Å²) in [7, 11) is 0. The average molecular weight is 329 g/mol. The number of carboxylic acids is 1. The van der Waals surface area contributed by atoms with Gasteiger partial charge in [-0.25, -0.2) is 9.67 Å². The van der Waals surface area contributed by atoms with Gasteiger partial charge in [0.1, 0.15) is 12.9 Å². The van der Waals surface area contributed by atoms with Gasteiger partial charge < -0.3 is 5.11 Å². The van der Waals surface area contributed by atoms with Crippen LogP contribution in [0.3, 0.4) is 0 Å². The van der Waals surface area contributed by atoms with E-state index >= 15 is 0 Å². The summed E-state index contributed by atoms with van der Waals surface area (Å²) in [5.41, 5.74) is 0.879. The number of carboxylic acid groups (broad SMARTS) is 1. The van der Waals surface area contributed by atoms with Gasteiger partial charge in [-0.2, -0.15) is 5.10 Å². The number of halogens is 1. The molecule has 2 rings (SSSR count). The summed E-state index contributed by atoms with van der Waals surface area (Å²) in [6.07, 6.45) is 1.42. The minimum absolute atomic E-state index is 0.169. The van der Waals surface area contributed by atoms with Crippen LogP contribution >= 0.6 is 22.6 Å². The van der Waals surface area contributed by atoms with Crippen LogP contribution in [-0.4, -0.2) is 25.8 Å². The molecule has 0 amide bonds. The van der Waals surface area contributed by atoms with Gasteiger partial charge in [0.25, 0.3) is 0 Å². The van der Waals surface area contributed by atoms with Gasteiger partial charge >= 0.3 is 5.97 Å². The van der Waals surface area contributed by atoms with Crippen LogP contribution in [0.5, 0.6) is 0 Å². The molecule has 16 heavy (non-hydrogen) atoms. The molecule has 0 saturated heterocycles. The maximum Gasteiger partial charge on any atom is 0.325 e. The molecule has 1 N–H and O–H groups in total. The van der Waals surface area contributed by atoms with Crippen molar-refractivity contribution in [2.24, 2.45) is 0 Å². The van der Waals surface area contributed by atoms with Crippen LogP contribution in [0.25, 0.3) is 11.4 Å². The monoisotopic (exact) mass is 329 g/mol. The van der Waals surface area contributed by atoms with E-state index in [1.807, 2.05) is 24.3 Å². The molecule has 0 aliphatic rings. The maximum absolute atomic E-state index is 10.5. The van der Waals surface area contributed by atoms with Crippen molar-refractivity contribution in [3.8, 4) is 11.4 Å². The molecule has 2 aromatic rings. The Morgan fingerprint density at radius 1 is 1.38 bits per heavy atom. The van der Waals surface area contributed by atoms with Gasteiger partial charge in [-0.1, -0.05) is 12.1 Å². The normalized spacial score (nSPS) is 10.3. The van der Waals surface area contributed by atoms with E-state index in [0.29, 0.717) is 5.82 Å². The molecular weight excluding hydrogens is 321 g/mol. The molecule has 82 valence electrons. The van der Waals surface area contributed by atoms with Crippen LogP contribution in [-0.2, 0) is 11.3 Å². The molecule has 6 heteroatoms. The average Bonchev–Trinajstić information content (AvgIpc) is 2.66. The topological polar surface area (TPSA) is 68.0 Å². The molecule has 1 aromatic heterocycles. The van der Waals surface area contributed by atoms with Crippen molar-refractivity contribution in [3.63, 3.8) is 0 Å². The Morgan fingerprint density at radius 3 is 2.69 bits per heavy atom. The Bertz CT molecular complexity index is 507. The molecule has 0 saturated carbocycles. The molecule has 1 aromatic carbocycles. The third-order valence-corrected chi connectivity index (χ3v) is 2.66. The predicted molar refractivity (Wildman–Crippen MR) is 65.8 cm³/mol. The van der Waals surface area contributed by atoms with E-state index in [9.17, 15) is 4.79 Å². The quantitative estimate of drug-likeness (QED) is 0.869. The second-order valence-electron chi connectivity index (χ2n) is 3.17. The lowest BCUT2D eigenvalue weighted by molar-refractivity contribution is -0.137. The Balaban J connectivity index is 2.24. The molecular formula is C10H8IN3O2. The number of rotatable bonds is 3. The standard InChI is InChI=1S/C10H8IN3O2/c11-8-3-1-7(2-4-8)10-12-6-14(13-10)5-9(15)16/h1-4,6H,5H2,(H,15,16). The first-order valence-electron chi connectivity index (χ1n) is 4.52. The second kappa shape index (κ2) is 4.60. The van der Waals surface area contributed by atoms with Crippen LogP contribution in [0.4, 0.5) is 0 Å². The smallest absolute Gasteiger partial charge is 0.325 e. The van der Waals surface area contributed by atoms with Gasteiger partial charge in [0.15, 0.2) is 5.82 Å². The first kappa shape index (κ1) is 11.1. The SMILES string of the molecule is O=C(O)Cn1cnc(-c2ccc(I)cc2)n1. The summed E-state index contributed by atoms with van der Waals surface area (Å²) in [4.78, 5) is 14.5. The summed E-state index contributed by atoms with van der Waals surface area (Å²) < 4.78 is 2.43. The lowest BCUT2D eigenvalue weighted by atomic mass is 10.2. The molecule has 5 nitrogen and oxygen atoms in total. The summed E-state index contributed by atoms with van der Waals surface area (Å²) in [6, 6.07) is 7.71. The molecule has 0 aliphatic heterocycles. The Hall–Kier alpha value is -1.44. The van der Waals surface area contributed by atoms with Gasteiger partial charge in [0.2, 0.25) is 0 Å². The van der Waals surface area contributed by atoms with E-state index in [-0.39, 0.29) is 6.54 Å². The van der Waals surface area contributed by atoms with Crippen LogP contribution < -0.4 is 0 Å². The summed E-state index contributed by atoms with van der Waals surface area (Å²) in [5, 5.41) is 12.7. The summed E-state index contributed by atoms with van der Waals surface area (Å²) >= 11 is 2.21. The number of hydrogen-bond acceptors (Lipinski definition) is 3. The van der Waals surface area contributed by atoms with Crippen molar-refractivity contribution >= 4 is 28.6 Å². The molecule has 0 atom stereocenters. The van der Waals surface area contributed by atoms with E-state index < -0.39 is 5.97 Å². The highest BCUT2D eigenvalue weighted by atomic mass is 127. The van der Waals surface area contributed by atoms with Crippen molar-refractivity contribution in [1.82, 2.24) is 14.8 Å². The number of carbonyl (C=O) groups is 1. The van der Waals surface area contributed by atoms with Crippen molar-refractivity contribution in [3.05, 3.63) is 34.2 Å².